The molecule has 0 aliphatic carbocycles. The van der Waals surface area contributed by atoms with Crippen molar-refractivity contribution in [3.63, 3.8) is 0 Å². The summed E-state index contributed by atoms with van der Waals surface area (Å²) in [6, 6.07) is 26.3. The van der Waals surface area contributed by atoms with E-state index < -0.39 is 29.4 Å². The average Bonchev–Trinajstić information content (AvgIpc) is 3.17. The second-order valence-electron chi connectivity index (χ2n) is 18.6. The maximum absolute atomic E-state index is 5.13. The SMILES string of the molecule is CC([N-]c1c(C(C)C)cccc1C(C)C)[N-]c1c(C(C)C)cccc1C(C)C.CC([N-]c1c(C(C)C)cccc1C(C)C)[N-]c1c(C(C)C)cccc1C(C)C.[Cl][Ti]([Cl])[Cl].[Cl][Ti]([Cl])[Cl]. The molecular formula is C52H76Cl6N4Ti2-4. The average molecular weight is 1070 g/mol. The molecule has 0 aromatic heterocycles. The molecule has 12 heteroatoms. The van der Waals surface area contributed by atoms with E-state index in [0.717, 1.165) is 22.7 Å². The molecule has 0 radical (unpaired) electrons. The summed E-state index contributed by atoms with van der Waals surface area (Å²) >= 11 is -3.83. The van der Waals surface area contributed by atoms with Gasteiger partial charge in [0.15, 0.2) is 0 Å². The molecule has 0 fully saturated rings. The topological polar surface area (TPSA) is 56.4 Å². The Morgan fingerprint density at radius 2 is 0.375 bits per heavy atom. The van der Waals surface area contributed by atoms with Crippen molar-refractivity contribution in [2.45, 2.75) is 184 Å². The standard InChI is InChI=1S/2C26H38N2.6ClH.2Ti/c2*1-16(2)21-12-10-13-22(17(3)4)25(21)27-20(9)28-26-23(18(5)6)14-11-15-24(26)19(7)8;;;;;;;;/h2*10-20H,1-9H3;6*1H;;/q2*-2;;;;;;;2*+3/p-6. The van der Waals surface area contributed by atoms with Gasteiger partial charge in [-0.25, -0.2) is 12.3 Å². The van der Waals surface area contributed by atoms with Crippen molar-refractivity contribution >= 4 is 78.6 Å². The van der Waals surface area contributed by atoms with E-state index in [9.17, 15) is 0 Å². The zero-order chi connectivity index (χ0) is 49.2. The first kappa shape index (κ1) is 61.3. The zero-order valence-corrected chi connectivity index (χ0v) is 49.4. The van der Waals surface area contributed by atoms with Crippen molar-refractivity contribution < 1.29 is 29.4 Å². The predicted octanol–water partition coefficient (Wildman–Crippen LogP) is 22.6. The Morgan fingerprint density at radius 3 is 0.469 bits per heavy atom. The van der Waals surface area contributed by atoms with Crippen molar-refractivity contribution in [2.24, 2.45) is 0 Å². The van der Waals surface area contributed by atoms with Crippen LogP contribution in [0.15, 0.2) is 72.8 Å². The summed E-state index contributed by atoms with van der Waals surface area (Å²) in [5.74, 6) is 3.55. The fourth-order valence-corrected chi connectivity index (χ4v) is 7.45. The van der Waals surface area contributed by atoms with Crippen molar-refractivity contribution in [1.82, 2.24) is 0 Å². The van der Waals surface area contributed by atoms with Crippen LogP contribution in [0.3, 0.4) is 0 Å². The van der Waals surface area contributed by atoms with Crippen LogP contribution in [-0.4, -0.2) is 12.3 Å². The van der Waals surface area contributed by atoms with Gasteiger partial charge in [0.25, 0.3) is 0 Å². The molecule has 0 saturated heterocycles. The quantitative estimate of drug-likeness (QED) is 0.100. The van der Waals surface area contributed by atoms with E-state index in [4.69, 9.17) is 77.1 Å². The van der Waals surface area contributed by atoms with Crippen molar-refractivity contribution in [3.05, 3.63) is 139 Å². The minimum absolute atomic E-state index is 0.116. The van der Waals surface area contributed by atoms with Gasteiger partial charge in [-0.3, -0.25) is 0 Å². The van der Waals surface area contributed by atoms with Gasteiger partial charge in [-0.2, -0.15) is 0 Å². The van der Waals surface area contributed by atoms with Crippen LogP contribution >= 0.6 is 55.8 Å². The normalized spacial score (nSPS) is 11.3. The second kappa shape index (κ2) is 30.7. The van der Waals surface area contributed by atoms with Crippen molar-refractivity contribution in [3.8, 4) is 0 Å². The molecule has 4 aromatic rings. The summed E-state index contributed by atoms with van der Waals surface area (Å²) < 4.78 is 0. The van der Waals surface area contributed by atoms with E-state index in [-0.39, 0.29) is 12.3 Å². The first-order valence-electron chi connectivity index (χ1n) is 22.7. The van der Waals surface area contributed by atoms with Gasteiger partial charge >= 0.3 is 85.2 Å². The van der Waals surface area contributed by atoms with E-state index in [1.807, 2.05) is 0 Å². The molecule has 4 aromatic carbocycles. The van der Waals surface area contributed by atoms with Gasteiger partial charge in [-0.15, -0.1) is 22.7 Å². The van der Waals surface area contributed by atoms with Crippen LogP contribution < -0.4 is 0 Å². The molecule has 0 N–H and O–H groups in total. The van der Waals surface area contributed by atoms with Gasteiger partial charge in [0.05, 0.1) is 0 Å². The third kappa shape index (κ3) is 20.9. The van der Waals surface area contributed by atoms with Crippen LogP contribution in [0.4, 0.5) is 22.7 Å². The van der Waals surface area contributed by atoms with Crippen molar-refractivity contribution in [1.29, 1.82) is 0 Å². The van der Waals surface area contributed by atoms with E-state index in [2.05, 4.69) is 197 Å². The monoisotopic (exact) mass is 1060 g/mol. The van der Waals surface area contributed by atoms with Crippen LogP contribution in [0, 0.1) is 0 Å². The Hall–Kier alpha value is -0.751. The maximum atomic E-state index is 5.13. The number of hydrogen-bond donors (Lipinski definition) is 0. The van der Waals surface area contributed by atoms with E-state index in [1.54, 1.807) is 0 Å². The molecule has 358 valence electrons. The van der Waals surface area contributed by atoms with E-state index in [1.165, 1.54) is 44.5 Å². The molecule has 0 amide bonds. The van der Waals surface area contributed by atoms with Gasteiger partial charge in [0, 0.05) is 0 Å². The van der Waals surface area contributed by atoms with Gasteiger partial charge in [0.1, 0.15) is 0 Å². The van der Waals surface area contributed by atoms with Crippen LogP contribution in [0.2, 0.25) is 0 Å². The molecular weight excluding hydrogens is 989 g/mol. The molecule has 0 saturated carbocycles. The molecule has 0 aliphatic rings. The number of rotatable bonds is 16. The summed E-state index contributed by atoms with van der Waals surface area (Å²) in [5.41, 5.74) is 15.1. The number of benzene rings is 4. The van der Waals surface area contributed by atoms with Crippen LogP contribution in [0.1, 0.15) is 216 Å². The summed E-state index contributed by atoms with van der Waals surface area (Å²) in [5, 5.41) is 20.5. The Morgan fingerprint density at radius 1 is 0.266 bits per heavy atom. The molecule has 0 bridgehead atoms. The summed E-state index contributed by atoms with van der Waals surface area (Å²) in [6.45, 7) is 40.1. The molecule has 0 aliphatic heterocycles. The summed E-state index contributed by atoms with van der Waals surface area (Å²) in [7, 11) is 29.8. The molecule has 0 atom stereocenters. The van der Waals surface area contributed by atoms with Gasteiger partial charge in [-0.1, -0.05) is 242 Å². The molecule has 0 heterocycles. The third-order valence-corrected chi connectivity index (χ3v) is 10.6. The van der Waals surface area contributed by atoms with Crippen molar-refractivity contribution in [2.75, 3.05) is 0 Å². The van der Waals surface area contributed by atoms with Gasteiger partial charge in [0.2, 0.25) is 0 Å². The van der Waals surface area contributed by atoms with Crippen LogP contribution in [0.25, 0.3) is 21.3 Å². The number of nitrogens with zero attached hydrogens (tertiary/aromatic N) is 4. The Kier molecular flexibility index (Phi) is 29.4. The Labute approximate surface area is 426 Å². The molecule has 4 rings (SSSR count). The summed E-state index contributed by atoms with van der Waals surface area (Å²) in [4.78, 5) is 0. The second-order valence-corrected chi connectivity index (χ2v) is 34.1. The van der Waals surface area contributed by atoms with E-state index in [0.29, 0.717) is 47.3 Å². The zero-order valence-electron chi connectivity index (χ0n) is 41.8. The number of halogens is 6. The third-order valence-electron chi connectivity index (χ3n) is 10.6. The van der Waals surface area contributed by atoms with E-state index >= 15 is 0 Å². The van der Waals surface area contributed by atoms with Crippen LogP contribution in [0.5, 0.6) is 0 Å². The fraction of sp³-hybridized carbons (Fsp3) is 0.538. The van der Waals surface area contributed by atoms with Gasteiger partial charge < -0.3 is 21.3 Å². The Balaban J connectivity index is 0.000000548. The number of para-hydroxylation sites is 4. The number of hydrogen-bond acceptors (Lipinski definition) is 0. The molecule has 0 spiro atoms. The minimum atomic E-state index is -1.92. The Bertz CT molecular complexity index is 1570. The van der Waals surface area contributed by atoms with Gasteiger partial charge in [-0.05, 0) is 47.3 Å². The first-order chi connectivity index (χ1) is 29.7. The first-order valence-corrected chi connectivity index (χ1v) is 35.6. The fourth-order valence-electron chi connectivity index (χ4n) is 7.45. The predicted molar refractivity (Wildman–Crippen MR) is 285 cm³/mol. The molecule has 4 nitrogen and oxygen atoms in total. The molecule has 64 heavy (non-hydrogen) atoms. The van der Waals surface area contributed by atoms with Crippen LogP contribution in [-0.2, 0) is 29.4 Å². The summed E-state index contributed by atoms with van der Waals surface area (Å²) in [6.07, 6.45) is -0.232. The molecule has 0 unspecified atom stereocenters.